The van der Waals surface area contributed by atoms with Crippen molar-refractivity contribution in [3.05, 3.63) is 53.9 Å². The molecule has 23 heavy (non-hydrogen) atoms. The van der Waals surface area contributed by atoms with E-state index in [-0.39, 0.29) is 12.3 Å². The predicted octanol–water partition coefficient (Wildman–Crippen LogP) is 2.52. The van der Waals surface area contributed by atoms with Gasteiger partial charge in [0.2, 0.25) is 0 Å². The van der Waals surface area contributed by atoms with Gasteiger partial charge in [-0.05, 0) is 47.7 Å². The normalized spacial score (nSPS) is 18.7. The molecule has 0 aliphatic heterocycles. The van der Waals surface area contributed by atoms with E-state index in [9.17, 15) is 4.79 Å². The smallest absolute Gasteiger partial charge is 0.356 e. The van der Waals surface area contributed by atoms with Crippen LogP contribution in [0.1, 0.15) is 22.5 Å². The number of nitrogens with zero attached hydrogens (tertiary/aromatic N) is 1. The minimum Gasteiger partial charge on any atom is -0.464 e. The van der Waals surface area contributed by atoms with E-state index in [4.69, 9.17) is 5.11 Å². The van der Waals surface area contributed by atoms with Crippen LogP contribution in [-0.2, 0) is 4.74 Å². The molecule has 1 unspecified atom stereocenters. The van der Waals surface area contributed by atoms with Gasteiger partial charge in [-0.25, -0.2) is 9.78 Å². The van der Waals surface area contributed by atoms with E-state index in [0.717, 1.165) is 23.1 Å². The molecule has 1 heterocycles. The van der Waals surface area contributed by atoms with E-state index in [1.165, 1.54) is 7.11 Å². The largest absolute Gasteiger partial charge is 0.464 e. The first-order chi connectivity index (χ1) is 11.2. The number of pyridine rings is 1. The van der Waals surface area contributed by atoms with Gasteiger partial charge in [0, 0.05) is 24.3 Å². The second-order valence-electron chi connectivity index (χ2n) is 5.55. The highest BCUT2D eigenvalue weighted by Gasteiger charge is 2.34. The molecule has 4 heteroatoms. The van der Waals surface area contributed by atoms with Gasteiger partial charge in [0.05, 0.1) is 7.11 Å². The van der Waals surface area contributed by atoms with Gasteiger partial charge >= 0.3 is 5.97 Å². The van der Waals surface area contributed by atoms with Crippen molar-refractivity contribution in [1.29, 1.82) is 0 Å². The summed E-state index contributed by atoms with van der Waals surface area (Å²) in [4.78, 5) is 15.5. The molecule has 2 atom stereocenters. The lowest BCUT2D eigenvalue weighted by Crippen LogP contribution is -2.03. The van der Waals surface area contributed by atoms with E-state index < -0.39 is 5.97 Å². The van der Waals surface area contributed by atoms with Gasteiger partial charge in [0.1, 0.15) is 5.69 Å². The third-order valence-electron chi connectivity index (χ3n) is 3.93. The van der Waals surface area contributed by atoms with Crippen LogP contribution in [0, 0.1) is 23.7 Å². The van der Waals surface area contributed by atoms with Crippen molar-refractivity contribution < 1.29 is 14.6 Å². The van der Waals surface area contributed by atoms with Crippen LogP contribution < -0.4 is 0 Å². The molecule has 1 aromatic heterocycles. The lowest BCUT2D eigenvalue weighted by Gasteiger charge is -2.04. The van der Waals surface area contributed by atoms with Gasteiger partial charge in [0.15, 0.2) is 0 Å². The molecule has 4 nitrogen and oxygen atoms in total. The van der Waals surface area contributed by atoms with E-state index in [0.29, 0.717) is 11.8 Å². The molecule has 1 aromatic carbocycles. The van der Waals surface area contributed by atoms with Gasteiger partial charge in [0.25, 0.3) is 0 Å². The van der Waals surface area contributed by atoms with Crippen LogP contribution in [0.2, 0.25) is 0 Å². The Bertz CT molecular complexity index is 771. The highest BCUT2D eigenvalue weighted by molar-refractivity contribution is 5.88. The third-order valence-corrected chi connectivity index (χ3v) is 3.93. The highest BCUT2D eigenvalue weighted by atomic mass is 16.5. The van der Waals surface area contributed by atoms with Crippen molar-refractivity contribution in [2.75, 3.05) is 13.7 Å². The minimum absolute atomic E-state index is 0.225. The van der Waals surface area contributed by atoms with Crippen molar-refractivity contribution in [2.45, 2.75) is 6.42 Å². The average Bonchev–Trinajstić information content (AvgIpc) is 3.38. The summed E-state index contributed by atoms with van der Waals surface area (Å²) in [6.45, 7) is 0.225. The maximum absolute atomic E-state index is 11.5. The Morgan fingerprint density at radius 3 is 2.74 bits per heavy atom. The summed E-state index contributed by atoms with van der Waals surface area (Å²) >= 11 is 0. The Hall–Kier alpha value is -2.64. The Kier molecular flexibility index (Phi) is 4.40. The number of methoxy groups -OCH3 is 1. The van der Waals surface area contributed by atoms with Crippen molar-refractivity contribution in [2.24, 2.45) is 11.8 Å². The van der Waals surface area contributed by atoms with Crippen molar-refractivity contribution in [3.8, 4) is 23.0 Å². The number of esters is 1. The first kappa shape index (κ1) is 15.3. The number of aromatic nitrogens is 1. The van der Waals surface area contributed by atoms with E-state index >= 15 is 0 Å². The van der Waals surface area contributed by atoms with Gasteiger partial charge in [-0.15, -0.1) is 0 Å². The zero-order valence-electron chi connectivity index (χ0n) is 12.8. The van der Waals surface area contributed by atoms with E-state index in [1.807, 2.05) is 30.3 Å². The summed E-state index contributed by atoms with van der Waals surface area (Å²) < 4.78 is 4.69. The van der Waals surface area contributed by atoms with Crippen molar-refractivity contribution in [1.82, 2.24) is 4.98 Å². The van der Waals surface area contributed by atoms with Crippen LogP contribution in [0.4, 0.5) is 0 Å². The lowest BCUT2D eigenvalue weighted by molar-refractivity contribution is 0.0594. The molecule has 0 bridgehead atoms. The maximum atomic E-state index is 11.5. The first-order valence-corrected chi connectivity index (χ1v) is 7.48. The van der Waals surface area contributed by atoms with E-state index in [2.05, 4.69) is 21.6 Å². The highest BCUT2D eigenvalue weighted by Crippen LogP contribution is 2.37. The van der Waals surface area contributed by atoms with Crippen molar-refractivity contribution >= 4 is 5.97 Å². The second kappa shape index (κ2) is 6.64. The molecule has 0 spiro atoms. The van der Waals surface area contributed by atoms with Crippen molar-refractivity contribution in [3.63, 3.8) is 0 Å². The van der Waals surface area contributed by atoms with Crippen LogP contribution in [0.15, 0.2) is 42.6 Å². The minimum atomic E-state index is -0.447. The molecular weight excluding hydrogens is 290 g/mol. The Labute approximate surface area is 135 Å². The fraction of sp³-hybridized carbons (Fsp3) is 0.263. The fourth-order valence-electron chi connectivity index (χ4n) is 2.37. The summed E-state index contributed by atoms with van der Waals surface area (Å²) in [7, 11) is 1.34. The van der Waals surface area contributed by atoms with Crippen LogP contribution in [0.25, 0.3) is 11.1 Å². The monoisotopic (exact) mass is 307 g/mol. The summed E-state index contributed by atoms with van der Waals surface area (Å²) in [5, 5.41) is 9.01. The molecule has 116 valence electrons. The molecule has 3 rings (SSSR count). The summed E-state index contributed by atoms with van der Waals surface area (Å²) in [6, 6.07) is 11.4. The molecule has 1 saturated carbocycles. The molecule has 0 radical (unpaired) electrons. The van der Waals surface area contributed by atoms with E-state index in [1.54, 1.807) is 12.3 Å². The number of aliphatic hydroxyl groups is 1. The number of hydrogen-bond acceptors (Lipinski definition) is 4. The fourth-order valence-corrected chi connectivity index (χ4v) is 2.37. The number of rotatable bonds is 3. The molecule has 0 saturated heterocycles. The van der Waals surface area contributed by atoms with Gasteiger partial charge in [-0.2, -0.15) is 0 Å². The molecule has 1 aliphatic carbocycles. The number of benzene rings is 1. The van der Waals surface area contributed by atoms with Gasteiger partial charge in [-0.3, -0.25) is 0 Å². The van der Waals surface area contributed by atoms with Crippen LogP contribution in [-0.4, -0.2) is 29.8 Å². The number of carbonyl (C=O) groups excluding carboxylic acids is 1. The Morgan fingerprint density at radius 2 is 2.09 bits per heavy atom. The molecule has 1 N–H and O–H groups in total. The Balaban J connectivity index is 1.76. The van der Waals surface area contributed by atoms with Crippen LogP contribution >= 0.6 is 0 Å². The second-order valence-corrected chi connectivity index (χ2v) is 5.55. The van der Waals surface area contributed by atoms with Crippen LogP contribution in [0.5, 0.6) is 0 Å². The van der Waals surface area contributed by atoms with Gasteiger partial charge in [-0.1, -0.05) is 24.0 Å². The summed E-state index contributed by atoms with van der Waals surface area (Å²) in [6.07, 6.45) is 2.59. The number of hydrogen-bond donors (Lipinski definition) is 1. The SMILES string of the molecule is COC(=O)c1cc(-c2ccc(C#C[C@@H]3CC3CO)cc2)ccn1. The number of carbonyl (C=O) groups is 1. The molecule has 1 fully saturated rings. The average molecular weight is 307 g/mol. The maximum Gasteiger partial charge on any atom is 0.356 e. The topological polar surface area (TPSA) is 59.4 Å². The first-order valence-electron chi connectivity index (χ1n) is 7.48. The summed E-state index contributed by atoms with van der Waals surface area (Å²) in [5.41, 5.74) is 3.13. The number of aliphatic hydroxyl groups excluding tert-OH is 1. The zero-order chi connectivity index (χ0) is 16.2. The summed E-state index contributed by atoms with van der Waals surface area (Å²) in [5.74, 6) is 6.57. The van der Waals surface area contributed by atoms with Gasteiger partial charge < -0.3 is 9.84 Å². The molecule has 2 aromatic rings. The Morgan fingerprint density at radius 1 is 1.30 bits per heavy atom. The quantitative estimate of drug-likeness (QED) is 0.699. The molecule has 0 amide bonds. The zero-order valence-corrected chi connectivity index (χ0v) is 12.8. The lowest BCUT2D eigenvalue weighted by atomic mass is 10.0. The predicted molar refractivity (Wildman–Crippen MR) is 86.6 cm³/mol. The molecular formula is C19H17NO3. The van der Waals surface area contributed by atoms with Crippen LogP contribution in [0.3, 0.4) is 0 Å². The standard InChI is InChI=1S/C19H17NO3/c1-23-19(22)18-11-16(8-9-20-18)14-5-2-13(3-6-14)4-7-15-10-17(15)12-21/h2-3,5-6,8-9,11,15,17,21H,10,12H2,1H3/t15-,17?/m1/s1. The molecule has 1 aliphatic rings. The third kappa shape index (κ3) is 3.58. The number of ether oxygens (including phenoxy) is 1.